The molecule has 4 nitrogen and oxygen atoms in total. The largest absolute Gasteiger partial charge is 0.399 e. The Morgan fingerprint density at radius 3 is 2.82 bits per heavy atom. The van der Waals surface area contributed by atoms with Crippen molar-refractivity contribution in [1.82, 2.24) is 4.98 Å². The van der Waals surface area contributed by atoms with Gasteiger partial charge in [0.15, 0.2) is 0 Å². The lowest BCUT2D eigenvalue weighted by Crippen LogP contribution is -2.31. The van der Waals surface area contributed by atoms with E-state index in [1.807, 2.05) is 6.07 Å². The second-order valence-corrected chi connectivity index (χ2v) is 4.88. The van der Waals surface area contributed by atoms with Crippen LogP contribution in [0.15, 0.2) is 12.1 Å². The summed E-state index contributed by atoms with van der Waals surface area (Å²) in [5.74, 6) is 1.36. The summed E-state index contributed by atoms with van der Waals surface area (Å²) in [5, 5.41) is 3.78. The molecular formula is C12H18ClN3O. The first-order valence-corrected chi connectivity index (χ1v) is 6.30. The average molecular weight is 256 g/mol. The molecule has 1 atom stereocenters. The van der Waals surface area contributed by atoms with Crippen LogP contribution in [-0.4, -0.2) is 24.2 Å². The van der Waals surface area contributed by atoms with Crippen LogP contribution in [0, 0.1) is 5.92 Å². The molecule has 17 heavy (non-hydrogen) atoms. The van der Waals surface area contributed by atoms with Crippen molar-refractivity contribution in [3.63, 3.8) is 0 Å². The third kappa shape index (κ3) is 3.48. The Hall–Kier alpha value is -1.00. The van der Waals surface area contributed by atoms with Gasteiger partial charge in [-0.1, -0.05) is 11.6 Å². The summed E-state index contributed by atoms with van der Waals surface area (Å²) in [6.45, 7) is 3.86. The number of nitrogen functional groups attached to an aromatic ring is 1. The standard InChI is InChI=1S/C12H18ClN3O/c1-8(9-2-4-17-5-3-9)15-12-7-10(14)6-11(13)16-12/h6-9H,2-5H2,1H3,(H3,14,15,16). The Kier molecular flexibility index (Phi) is 4.07. The van der Waals surface area contributed by atoms with E-state index < -0.39 is 0 Å². The molecule has 0 amide bonds. The predicted molar refractivity (Wildman–Crippen MR) is 70.3 cm³/mol. The van der Waals surface area contributed by atoms with Crippen LogP contribution < -0.4 is 11.1 Å². The fraction of sp³-hybridized carbons (Fsp3) is 0.583. The summed E-state index contributed by atoms with van der Waals surface area (Å²) in [7, 11) is 0. The van der Waals surface area contributed by atoms with Crippen LogP contribution in [-0.2, 0) is 4.74 Å². The summed E-state index contributed by atoms with van der Waals surface area (Å²) in [5.41, 5.74) is 6.36. The van der Waals surface area contributed by atoms with Gasteiger partial charge in [-0.3, -0.25) is 0 Å². The van der Waals surface area contributed by atoms with Crippen molar-refractivity contribution in [1.29, 1.82) is 0 Å². The minimum absolute atomic E-state index is 0.351. The number of nitrogens with zero attached hydrogens (tertiary/aromatic N) is 1. The Labute approximate surface area is 107 Å². The first-order valence-electron chi connectivity index (χ1n) is 5.92. The maximum atomic E-state index is 5.87. The van der Waals surface area contributed by atoms with Gasteiger partial charge in [0.05, 0.1) is 0 Å². The number of aromatic nitrogens is 1. The zero-order valence-corrected chi connectivity index (χ0v) is 10.7. The highest BCUT2D eigenvalue weighted by atomic mass is 35.5. The van der Waals surface area contributed by atoms with Crippen molar-refractivity contribution >= 4 is 23.1 Å². The molecule has 1 aliphatic rings. The highest BCUT2D eigenvalue weighted by molar-refractivity contribution is 6.29. The molecule has 3 N–H and O–H groups in total. The number of halogens is 1. The molecule has 94 valence electrons. The number of nitrogens with two attached hydrogens (primary N) is 1. The number of hydrogen-bond donors (Lipinski definition) is 2. The van der Waals surface area contributed by atoms with E-state index in [9.17, 15) is 0 Å². The van der Waals surface area contributed by atoms with Crippen molar-refractivity contribution in [3.8, 4) is 0 Å². The summed E-state index contributed by atoms with van der Waals surface area (Å²) in [6, 6.07) is 3.80. The third-order valence-corrected chi connectivity index (χ3v) is 3.36. The summed E-state index contributed by atoms with van der Waals surface area (Å²) in [4.78, 5) is 4.21. The van der Waals surface area contributed by atoms with Gasteiger partial charge in [-0.25, -0.2) is 4.98 Å². The first-order chi connectivity index (χ1) is 8.15. The number of nitrogens with one attached hydrogen (secondary N) is 1. The number of hydrogen-bond acceptors (Lipinski definition) is 4. The molecule has 1 unspecified atom stereocenters. The van der Waals surface area contributed by atoms with E-state index in [-0.39, 0.29) is 0 Å². The van der Waals surface area contributed by atoms with Gasteiger partial charge in [-0.2, -0.15) is 0 Å². The van der Waals surface area contributed by atoms with Crippen LogP contribution in [0.4, 0.5) is 11.5 Å². The van der Waals surface area contributed by atoms with Crippen molar-refractivity contribution in [2.45, 2.75) is 25.8 Å². The molecule has 1 aromatic rings. The van der Waals surface area contributed by atoms with E-state index in [0.29, 0.717) is 22.8 Å². The summed E-state index contributed by atoms with van der Waals surface area (Å²) < 4.78 is 5.35. The van der Waals surface area contributed by atoms with Crippen LogP contribution in [0.5, 0.6) is 0 Å². The molecule has 1 saturated heterocycles. The van der Waals surface area contributed by atoms with Gasteiger partial charge in [0.25, 0.3) is 0 Å². The smallest absolute Gasteiger partial charge is 0.133 e. The number of ether oxygens (including phenoxy) is 1. The van der Waals surface area contributed by atoms with Gasteiger partial charge in [0.1, 0.15) is 11.0 Å². The van der Waals surface area contributed by atoms with Crippen molar-refractivity contribution in [2.75, 3.05) is 24.3 Å². The molecule has 2 rings (SSSR count). The fourth-order valence-corrected chi connectivity index (χ4v) is 2.37. The molecule has 1 aliphatic heterocycles. The maximum Gasteiger partial charge on any atom is 0.133 e. The molecule has 0 saturated carbocycles. The normalized spacial score (nSPS) is 18.9. The Morgan fingerprint density at radius 1 is 1.47 bits per heavy atom. The van der Waals surface area contributed by atoms with E-state index in [4.69, 9.17) is 22.1 Å². The molecule has 5 heteroatoms. The van der Waals surface area contributed by atoms with Gasteiger partial charge < -0.3 is 15.8 Å². The van der Waals surface area contributed by atoms with Crippen molar-refractivity contribution < 1.29 is 4.74 Å². The van der Waals surface area contributed by atoms with Crippen LogP contribution in [0.3, 0.4) is 0 Å². The van der Waals surface area contributed by atoms with Crippen molar-refractivity contribution in [3.05, 3.63) is 17.3 Å². The lowest BCUT2D eigenvalue weighted by atomic mass is 9.93. The van der Waals surface area contributed by atoms with Crippen LogP contribution in [0.25, 0.3) is 0 Å². The van der Waals surface area contributed by atoms with Gasteiger partial charge in [-0.05, 0) is 31.7 Å². The lowest BCUT2D eigenvalue weighted by molar-refractivity contribution is 0.0622. The minimum Gasteiger partial charge on any atom is -0.399 e. The van der Waals surface area contributed by atoms with Crippen molar-refractivity contribution in [2.24, 2.45) is 5.92 Å². The summed E-state index contributed by atoms with van der Waals surface area (Å²) >= 11 is 5.87. The van der Waals surface area contributed by atoms with E-state index in [2.05, 4.69) is 17.2 Å². The van der Waals surface area contributed by atoms with Crippen LogP contribution in [0.1, 0.15) is 19.8 Å². The molecule has 0 bridgehead atoms. The zero-order valence-electron chi connectivity index (χ0n) is 9.95. The fourth-order valence-electron chi connectivity index (χ4n) is 2.16. The minimum atomic E-state index is 0.351. The number of pyridine rings is 1. The number of anilines is 2. The van der Waals surface area contributed by atoms with Gasteiger partial charge >= 0.3 is 0 Å². The van der Waals surface area contributed by atoms with E-state index in [0.717, 1.165) is 31.9 Å². The molecule has 0 aromatic carbocycles. The second kappa shape index (κ2) is 5.56. The molecular weight excluding hydrogens is 238 g/mol. The molecule has 2 heterocycles. The number of rotatable bonds is 3. The van der Waals surface area contributed by atoms with Gasteiger partial charge in [0, 0.05) is 31.0 Å². The molecule has 0 radical (unpaired) electrons. The Morgan fingerprint density at radius 2 is 2.18 bits per heavy atom. The highest BCUT2D eigenvalue weighted by Gasteiger charge is 2.20. The van der Waals surface area contributed by atoms with Crippen LogP contribution >= 0.6 is 11.6 Å². The SMILES string of the molecule is CC(Nc1cc(N)cc(Cl)n1)C1CCOCC1. The molecule has 0 spiro atoms. The van der Waals surface area contributed by atoms with E-state index in [1.54, 1.807) is 6.07 Å². The topological polar surface area (TPSA) is 60.2 Å². The maximum absolute atomic E-state index is 5.87. The summed E-state index contributed by atoms with van der Waals surface area (Å²) in [6.07, 6.45) is 2.18. The Bertz CT molecular complexity index is 360. The monoisotopic (exact) mass is 255 g/mol. The van der Waals surface area contributed by atoms with E-state index >= 15 is 0 Å². The quantitative estimate of drug-likeness (QED) is 0.815. The lowest BCUT2D eigenvalue weighted by Gasteiger charge is -2.28. The molecule has 1 aromatic heterocycles. The van der Waals surface area contributed by atoms with E-state index in [1.165, 1.54) is 0 Å². The van der Waals surface area contributed by atoms with Gasteiger partial charge in [0.2, 0.25) is 0 Å². The highest BCUT2D eigenvalue weighted by Crippen LogP contribution is 2.23. The molecule has 1 fully saturated rings. The Balaban J connectivity index is 1.99. The average Bonchev–Trinajstić information content (AvgIpc) is 2.28. The first kappa shape index (κ1) is 12.5. The molecule has 0 aliphatic carbocycles. The third-order valence-electron chi connectivity index (χ3n) is 3.17. The predicted octanol–water partition coefficient (Wildman–Crippen LogP) is 2.54. The second-order valence-electron chi connectivity index (χ2n) is 4.49. The van der Waals surface area contributed by atoms with Gasteiger partial charge in [-0.15, -0.1) is 0 Å². The van der Waals surface area contributed by atoms with Crippen LogP contribution in [0.2, 0.25) is 5.15 Å². The zero-order chi connectivity index (χ0) is 12.3.